The topological polar surface area (TPSA) is 113 Å². The summed E-state index contributed by atoms with van der Waals surface area (Å²) in [5.41, 5.74) is 1.58. The van der Waals surface area contributed by atoms with Gasteiger partial charge in [0.1, 0.15) is 23.1 Å². The zero-order valence-corrected chi connectivity index (χ0v) is 23.2. The van der Waals surface area contributed by atoms with Crippen molar-refractivity contribution in [3.63, 3.8) is 0 Å². The highest BCUT2D eigenvalue weighted by Gasteiger charge is 2.44. The maximum atomic E-state index is 14.3. The third-order valence-electron chi connectivity index (χ3n) is 6.73. The smallest absolute Gasteiger partial charge is 0.269 e. The van der Waals surface area contributed by atoms with Crippen LogP contribution in [-0.4, -0.2) is 53.6 Å². The second-order valence-electron chi connectivity index (χ2n) is 10.3. The van der Waals surface area contributed by atoms with Crippen LogP contribution in [0.2, 0.25) is 0 Å². The Morgan fingerprint density at radius 1 is 1.05 bits per heavy atom. The summed E-state index contributed by atoms with van der Waals surface area (Å²) in [6.07, 6.45) is 0.459. The van der Waals surface area contributed by atoms with E-state index in [9.17, 15) is 18.8 Å². The van der Waals surface area contributed by atoms with E-state index < -0.39 is 17.2 Å². The summed E-state index contributed by atoms with van der Waals surface area (Å²) in [7, 11) is 3.23. The summed E-state index contributed by atoms with van der Waals surface area (Å²) >= 11 is 0. The van der Waals surface area contributed by atoms with Gasteiger partial charge in [0.2, 0.25) is 11.8 Å². The molecule has 206 valence electrons. The molecular formula is C30H30FN5O4. The number of fused-ring (bicyclic) bond motifs is 2. The average Bonchev–Trinajstić information content (AvgIpc) is 2.93. The highest BCUT2D eigenvalue weighted by Crippen LogP contribution is 2.51. The first-order valence-corrected chi connectivity index (χ1v) is 12.6. The predicted octanol–water partition coefficient (Wildman–Crippen LogP) is 4.96. The number of hydrogen-bond acceptors (Lipinski definition) is 7. The summed E-state index contributed by atoms with van der Waals surface area (Å²) in [6, 6.07) is 15.2. The lowest BCUT2D eigenvalue weighted by atomic mass is 9.69. The number of amides is 2. The third-order valence-corrected chi connectivity index (χ3v) is 6.73. The molecule has 2 aromatic carbocycles. The van der Waals surface area contributed by atoms with Crippen LogP contribution in [0.4, 0.5) is 4.39 Å². The number of para-hydroxylation sites is 1. The first-order chi connectivity index (χ1) is 18.9. The molecule has 1 N–H and O–H groups in total. The van der Waals surface area contributed by atoms with Crippen molar-refractivity contribution < 1.29 is 23.5 Å². The van der Waals surface area contributed by atoms with Crippen molar-refractivity contribution in [2.75, 3.05) is 14.1 Å². The van der Waals surface area contributed by atoms with Gasteiger partial charge >= 0.3 is 0 Å². The van der Waals surface area contributed by atoms with Gasteiger partial charge in [-0.15, -0.1) is 10.2 Å². The van der Waals surface area contributed by atoms with Crippen LogP contribution in [0.5, 0.6) is 11.6 Å². The minimum absolute atomic E-state index is 0.0382. The van der Waals surface area contributed by atoms with E-state index in [4.69, 9.17) is 4.74 Å². The van der Waals surface area contributed by atoms with Gasteiger partial charge in [0.15, 0.2) is 6.29 Å². The molecule has 0 aliphatic carbocycles. The SMILES string of the molecule is C/C(=N\N=C(/C)C(=O)N(C)C)NC(=O)C(C)(C)C1c2ccccc2Oc2nc(-c3ccc(C=O)c(F)c3)ccc21. The molecule has 3 aromatic rings. The van der Waals surface area contributed by atoms with Crippen LogP contribution in [0.15, 0.2) is 64.8 Å². The Kier molecular flexibility index (Phi) is 7.90. The molecule has 0 radical (unpaired) electrons. The summed E-state index contributed by atoms with van der Waals surface area (Å²) in [5.74, 6) is -0.598. The fourth-order valence-electron chi connectivity index (χ4n) is 4.55. The van der Waals surface area contributed by atoms with Crippen molar-refractivity contribution in [2.24, 2.45) is 15.6 Å². The predicted molar refractivity (Wildman–Crippen MR) is 150 cm³/mol. The fourth-order valence-corrected chi connectivity index (χ4v) is 4.55. The first kappa shape index (κ1) is 28.3. The molecular weight excluding hydrogens is 513 g/mol. The van der Waals surface area contributed by atoms with Gasteiger partial charge in [-0.05, 0) is 38.1 Å². The minimum atomic E-state index is -1.01. The van der Waals surface area contributed by atoms with Gasteiger partial charge in [-0.25, -0.2) is 9.37 Å². The first-order valence-electron chi connectivity index (χ1n) is 12.6. The number of rotatable bonds is 6. The van der Waals surface area contributed by atoms with Crippen LogP contribution < -0.4 is 10.1 Å². The Hall–Kier alpha value is -4.73. The van der Waals surface area contributed by atoms with Crippen LogP contribution in [0.3, 0.4) is 0 Å². The van der Waals surface area contributed by atoms with Crippen molar-refractivity contribution in [1.29, 1.82) is 0 Å². The van der Waals surface area contributed by atoms with Crippen LogP contribution in [0, 0.1) is 11.2 Å². The highest BCUT2D eigenvalue weighted by atomic mass is 19.1. The molecule has 10 heteroatoms. The van der Waals surface area contributed by atoms with E-state index in [2.05, 4.69) is 20.5 Å². The summed E-state index contributed by atoms with van der Waals surface area (Å²) in [5, 5.41) is 10.8. The number of amidine groups is 1. The Morgan fingerprint density at radius 3 is 2.45 bits per heavy atom. The summed E-state index contributed by atoms with van der Waals surface area (Å²) in [4.78, 5) is 42.7. The second-order valence-corrected chi connectivity index (χ2v) is 10.3. The molecule has 40 heavy (non-hydrogen) atoms. The number of benzene rings is 2. The molecule has 1 unspecified atom stereocenters. The molecule has 0 fully saturated rings. The lowest BCUT2D eigenvalue weighted by Gasteiger charge is -2.37. The number of aldehydes is 1. The van der Waals surface area contributed by atoms with Crippen molar-refractivity contribution >= 4 is 29.6 Å². The van der Waals surface area contributed by atoms with E-state index in [0.717, 1.165) is 5.56 Å². The number of ether oxygens (including phenoxy) is 1. The van der Waals surface area contributed by atoms with E-state index in [-0.39, 0.29) is 28.9 Å². The second kappa shape index (κ2) is 11.2. The Morgan fingerprint density at radius 2 is 1.77 bits per heavy atom. The van der Waals surface area contributed by atoms with E-state index in [0.29, 0.717) is 34.7 Å². The normalized spacial score (nSPS) is 14.9. The molecule has 9 nitrogen and oxygen atoms in total. The van der Waals surface area contributed by atoms with Gasteiger partial charge in [-0.1, -0.05) is 44.2 Å². The number of nitrogens with one attached hydrogen (secondary N) is 1. The third kappa shape index (κ3) is 5.51. The van der Waals surface area contributed by atoms with E-state index in [1.165, 1.54) is 17.0 Å². The summed E-state index contributed by atoms with van der Waals surface area (Å²) < 4.78 is 20.4. The van der Waals surface area contributed by atoms with Crippen molar-refractivity contribution in [2.45, 2.75) is 33.6 Å². The Labute approximate surface area is 231 Å². The molecule has 0 spiro atoms. The van der Waals surface area contributed by atoms with E-state index in [1.54, 1.807) is 46.1 Å². The maximum absolute atomic E-state index is 14.3. The Balaban J connectivity index is 1.69. The molecule has 2 heterocycles. The van der Waals surface area contributed by atoms with Gasteiger partial charge < -0.3 is 15.0 Å². The van der Waals surface area contributed by atoms with E-state index >= 15 is 0 Å². The van der Waals surface area contributed by atoms with Crippen LogP contribution in [0.25, 0.3) is 11.3 Å². The summed E-state index contributed by atoms with van der Waals surface area (Å²) in [6.45, 7) is 6.78. The van der Waals surface area contributed by atoms with Crippen molar-refractivity contribution in [1.82, 2.24) is 15.2 Å². The van der Waals surface area contributed by atoms with Crippen molar-refractivity contribution in [3.05, 3.63) is 77.1 Å². The van der Waals surface area contributed by atoms with Gasteiger partial charge in [-0.2, -0.15) is 0 Å². The standard InChI is InChI=1S/C30H30FN5O4/c1-17(28(38)36(5)6)34-35-18(2)32-29(39)30(3,4)26-21-9-7-8-10-25(21)40-27-22(26)13-14-24(33-27)19-11-12-20(16-37)23(31)15-19/h7-16,26H,1-6H3,(H,32,35,39)/b34-17+. The fraction of sp³-hybridized carbons (Fsp3) is 0.267. The van der Waals surface area contributed by atoms with Crippen LogP contribution in [-0.2, 0) is 9.59 Å². The lowest BCUT2D eigenvalue weighted by Crippen LogP contribution is -2.44. The van der Waals surface area contributed by atoms with Gasteiger partial charge in [-0.3, -0.25) is 14.4 Å². The molecule has 0 saturated carbocycles. The molecule has 1 aliphatic heterocycles. The van der Waals surface area contributed by atoms with Gasteiger partial charge in [0, 0.05) is 36.7 Å². The largest absolute Gasteiger partial charge is 0.438 e. The number of hydrogen-bond donors (Lipinski definition) is 1. The zero-order valence-electron chi connectivity index (χ0n) is 23.2. The number of carbonyl (C=O) groups is 3. The average molecular weight is 544 g/mol. The minimum Gasteiger partial charge on any atom is -0.438 e. The number of pyridine rings is 1. The zero-order chi connectivity index (χ0) is 29.2. The highest BCUT2D eigenvalue weighted by molar-refractivity contribution is 6.37. The monoisotopic (exact) mass is 543 g/mol. The molecule has 1 aliphatic rings. The van der Waals surface area contributed by atoms with Gasteiger partial charge in [0.05, 0.1) is 16.7 Å². The molecule has 0 bridgehead atoms. The van der Waals surface area contributed by atoms with Crippen LogP contribution in [0.1, 0.15) is 55.1 Å². The number of nitrogens with zero attached hydrogens (tertiary/aromatic N) is 4. The quantitative estimate of drug-likeness (QED) is 0.204. The maximum Gasteiger partial charge on any atom is 0.269 e. The molecule has 0 saturated heterocycles. The number of halogens is 1. The Bertz CT molecular complexity index is 1560. The number of aromatic nitrogens is 1. The lowest BCUT2D eigenvalue weighted by molar-refractivity contribution is -0.128. The molecule has 4 rings (SSSR count). The molecule has 1 aromatic heterocycles. The molecule has 1 atom stereocenters. The van der Waals surface area contributed by atoms with Gasteiger partial charge in [0.25, 0.3) is 5.91 Å². The van der Waals surface area contributed by atoms with E-state index in [1.807, 2.05) is 38.1 Å². The van der Waals surface area contributed by atoms with Crippen LogP contribution >= 0.6 is 0 Å². The molecule has 2 amide bonds. The number of carbonyl (C=O) groups excluding carboxylic acids is 3. The van der Waals surface area contributed by atoms with Crippen molar-refractivity contribution in [3.8, 4) is 22.9 Å².